The van der Waals surface area contributed by atoms with E-state index in [4.69, 9.17) is 5.73 Å². The summed E-state index contributed by atoms with van der Waals surface area (Å²) in [4.78, 5) is 13.6. The van der Waals surface area contributed by atoms with Gasteiger partial charge in [0.05, 0.1) is 22.1 Å². The van der Waals surface area contributed by atoms with E-state index >= 15 is 0 Å². The summed E-state index contributed by atoms with van der Waals surface area (Å²) in [5.74, 6) is 0.402. The van der Waals surface area contributed by atoms with Crippen LogP contribution in [0.1, 0.15) is 0 Å². The van der Waals surface area contributed by atoms with Crippen LogP contribution in [0.15, 0.2) is 60.8 Å². The summed E-state index contributed by atoms with van der Waals surface area (Å²) >= 11 is 1.57. The smallest absolute Gasteiger partial charge is 0.152 e. The van der Waals surface area contributed by atoms with Crippen molar-refractivity contribution in [1.82, 2.24) is 15.0 Å². The van der Waals surface area contributed by atoms with Crippen molar-refractivity contribution in [3.63, 3.8) is 0 Å². The van der Waals surface area contributed by atoms with Crippen LogP contribution in [0.25, 0.3) is 32.2 Å². The summed E-state index contributed by atoms with van der Waals surface area (Å²) in [6.07, 6.45) is 1.70. The number of aromatic nitrogens is 3. The first-order chi connectivity index (χ1) is 10.8. The van der Waals surface area contributed by atoms with Gasteiger partial charge in [0.15, 0.2) is 5.82 Å². The van der Waals surface area contributed by atoms with Crippen LogP contribution in [-0.2, 0) is 0 Å². The molecule has 4 aromatic rings. The number of anilines is 1. The first-order valence-corrected chi connectivity index (χ1v) is 7.67. The minimum atomic E-state index is 0.402. The van der Waals surface area contributed by atoms with Gasteiger partial charge in [-0.05, 0) is 12.1 Å². The monoisotopic (exact) mass is 304 g/mol. The Morgan fingerprint density at radius 2 is 1.64 bits per heavy atom. The molecular formula is C17H12N4S. The van der Waals surface area contributed by atoms with E-state index in [2.05, 4.69) is 15.0 Å². The zero-order chi connectivity index (χ0) is 14.9. The molecule has 0 aliphatic rings. The third-order valence-corrected chi connectivity index (χ3v) is 4.41. The number of hydrogen-bond acceptors (Lipinski definition) is 5. The quantitative estimate of drug-likeness (QED) is 0.608. The summed E-state index contributed by atoms with van der Waals surface area (Å²) in [6, 6.07) is 17.9. The van der Waals surface area contributed by atoms with Gasteiger partial charge in [-0.15, -0.1) is 11.3 Å². The molecule has 0 aliphatic heterocycles. The molecule has 5 heteroatoms. The van der Waals surface area contributed by atoms with Gasteiger partial charge in [0, 0.05) is 5.56 Å². The predicted molar refractivity (Wildman–Crippen MR) is 90.5 cm³/mol. The molecule has 0 bridgehead atoms. The summed E-state index contributed by atoms with van der Waals surface area (Å²) in [7, 11) is 0. The maximum Gasteiger partial charge on any atom is 0.152 e. The Bertz CT molecular complexity index is 914. The van der Waals surface area contributed by atoms with Crippen LogP contribution in [-0.4, -0.2) is 15.0 Å². The van der Waals surface area contributed by atoms with Gasteiger partial charge >= 0.3 is 0 Å². The number of nitrogen functional groups attached to an aromatic ring is 1. The van der Waals surface area contributed by atoms with E-state index in [-0.39, 0.29) is 0 Å². The molecule has 0 aliphatic carbocycles. The van der Waals surface area contributed by atoms with E-state index in [1.807, 2.05) is 54.6 Å². The molecule has 0 unspecified atom stereocenters. The van der Waals surface area contributed by atoms with Crippen LogP contribution in [0.5, 0.6) is 0 Å². The predicted octanol–water partition coefficient (Wildman–Crippen LogP) is 4.00. The summed E-state index contributed by atoms with van der Waals surface area (Å²) < 4.78 is 1.11. The van der Waals surface area contributed by atoms with E-state index in [0.717, 1.165) is 26.5 Å². The molecule has 0 atom stereocenters. The third-order valence-electron chi connectivity index (χ3n) is 3.37. The molecule has 0 fully saturated rings. The molecule has 4 rings (SSSR count). The minimum absolute atomic E-state index is 0.402. The van der Waals surface area contributed by atoms with Gasteiger partial charge < -0.3 is 5.73 Å². The Morgan fingerprint density at radius 3 is 2.45 bits per heavy atom. The molecule has 0 saturated heterocycles. The number of para-hydroxylation sites is 1. The van der Waals surface area contributed by atoms with Crippen molar-refractivity contribution in [3.8, 4) is 22.0 Å². The number of nitrogens with zero attached hydrogens (tertiary/aromatic N) is 3. The molecule has 2 aromatic carbocycles. The van der Waals surface area contributed by atoms with Gasteiger partial charge in [0.1, 0.15) is 10.7 Å². The maximum atomic E-state index is 6.01. The van der Waals surface area contributed by atoms with Gasteiger partial charge in [0.2, 0.25) is 0 Å². The number of nitrogens with two attached hydrogens (primary N) is 1. The lowest BCUT2D eigenvalue weighted by molar-refractivity contribution is 1.21. The van der Waals surface area contributed by atoms with Gasteiger partial charge in [-0.1, -0.05) is 42.5 Å². The Balaban J connectivity index is 1.87. The van der Waals surface area contributed by atoms with Crippen molar-refractivity contribution in [2.45, 2.75) is 0 Å². The number of rotatable bonds is 2. The largest absolute Gasteiger partial charge is 0.382 e. The van der Waals surface area contributed by atoms with E-state index < -0.39 is 0 Å². The van der Waals surface area contributed by atoms with E-state index in [1.165, 1.54) is 0 Å². The minimum Gasteiger partial charge on any atom is -0.382 e. The lowest BCUT2D eigenvalue weighted by Crippen LogP contribution is -1.98. The summed E-state index contributed by atoms with van der Waals surface area (Å²) in [5, 5.41) is 0.795. The Kier molecular flexibility index (Phi) is 3.05. The van der Waals surface area contributed by atoms with Gasteiger partial charge in [0.25, 0.3) is 0 Å². The van der Waals surface area contributed by atoms with Crippen molar-refractivity contribution in [2.75, 3.05) is 5.73 Å². The second kappa shape index (κ2) is 5.20. The van der Waals surface area contributed by atoms with E-state index in [1.54, 1.807) is 17.5 Å². The van der Waals surface area contributed by atoms with Gasteiger partial charge in [-0.3, -0.25) is 0 Å². The second-order valence-electron chi connectivity index (χ2n) is 4.84. The molecule has 0 amide bonds. The first kappa shape index (κ1) is 12.9. The van der Waals surface area contributed by atoms with Crippen molar-refractivity contribution in [3.05, 3.63) is 60.8 Å². The molecule has 2 aromatic heterocycles. The molecular weight excluding hydrogens is 292 g/mol. The molecule has 22 heavy (non-hydrogen) atoms. The van der Waals surface area contributed by atoms with Crippen molar-refractivity contribution in [1.29, 1.82) is 0 Å². The SMILES string of the molecule is Nc1ncc(-c2ccccc2)nc1-c1nc2ccccc2s1. The molecule has 106 valence electrons. The fourth-order valence-electron chi connectivity index (χ4n) is 2.28. The molecule has 2 heterocycles. The van der Waals surface area contributed by atoms with Crippen LogP contribution in [0.2, 0.25) is 0 Å². The summed E-state index contributed by atoms with van der Waals surface area (Å²) in [6.45, 7) is 0. The Morgan fingerprint density at radius 1 is 0.864 bits per heavy atom. The molecule has 2 N–H and O–H groups in total. The first-order valence-electron chi connectivity index (χ1n) is 6.85. The Labute approximate surface area is 131 Å². The number of hydrogen-bond donors (Lipinski definition) is 1. The Hall–Kier alpha value is -2.79. The highest BCUT2D eigenvalue weighted by Crippen LogP contribution is 2.32. The zero-order valence-corrected chi connectivity index (χ0v) is 12.4. The third kappa shape index (κ3) is 2.21. The molecule has 0 saturated carbocycles. The number of thiazole rings is 1. The molecule has 0 spiro atoms. The number of fused-ring (bicyclic) bond motifs is 1. The summed E-state index contributed by atoms with van der Waals surface area (Å²) in [5.41, 5.74) is 9.42. The van der Waals surface area contributed by atoms with Crippen LogP contribution in [0, 0.1) is 0 Å². The van der Waals surface area contributed by atoms with Crippen LogP contribution < -0.4 is 5.73 Å². The second-order valence-corrected chi connectivity index (χ2v) is 5.87. The molecule has 4 nitrogen and oxygen atoms in total. The maximum absolute atomic E-state index is 6.01. The standard InChI is InChI=1S/C17H12N4S/c18-16-15(17-21-12-8-4-5-9-14(12)22-17)20-13(10-19-16)11-6-2-1-3-7-11/h1-10H,(H2,18,19). The average Bonchev–Trinajstić information content (AvgIpc) is 3.00. The van der Waals surface area contributed by atoms with Crippen LogP contribution in [0.4, 0.5) is 5.82 Å². The van der Waals surface area contributed by atoms with Gasteiger partial charge in [-0.2, -0.15) is 0 Å². The van der Waals surface area contributed by atoms with Crippen molar-refractivity contribution >= 4 is 27.4 Å². The highest BCUT2D eigenvalue weighted by Gasteiger charge is 2.13. The molecule has 0 radical (unpaired) electrons. The lowest BCUT2D eigenvalue weighted by atomic mass is 10.1. The topological polar surface area (TPSA) is 64.7 Å². The van der Waals surface area contributed by atoms with Crippen molar-refractivity contribution < 1.29 is 0 Å². The van der Waals surface area contributed by atoms with Gasteiger partial charge in [-0.25, -0.2) is 15.0 Å². The van der Waals surface area contributed by atoms with Crippen LogP contribution >= 0.6 is 11.3 Å². The van der Waals surface area contributed by atoms with Crippen LogP contribution in [0.3, 0.4) is 0 Å². The number of benzene rings is 2. The van der Waals surface area contributed by atoms with Crippen molar-refractivity contribution in [2.24, 2.45) is 0 Å². The normalized spacial score (nSPS) is 10.9. The average molecular weight is 304 g/mol. The zero-order valence-electron chi connectivity index (χ0n) is 11.6. The highest BCUT2D eigenvalue weighted by atomic mass is 32.1. The highest BCUT2D eigenvalue weighted by molar-refractivity contribution is 7.21. The fraction of sp³-hybridized carbons (Fsp3) is 0. The fourth-order valence-corrected chi connectivity index (χ4v) is 3.24. The van der Waals surface area contributed by atoms with E-state index in [0.29, 0.717) is 11.5 Å². The van der Waals surface area contributed by atoms with E-state index in [9.17, 15) is 0 Å². The lowest BCUT2D eigenvalue weighted by Gasteiger charge is -2.04.